The van der Waals surface area contributed by atoms with Crippen LogP contribution in [-0.2, 0) is 0 Å². The van der Waals surface area contributed by atoms with E-state index in [4.69, 9.17) is 5.73 Å². The van der Waals surface area contributed by atoms with Crippen LogP contribution in [0.2, 0.25) is 0 Å². The number of hydrogen-bond donors (Lipinski definition) is 1. The van der Waals surface area contributed by atoms with Gasteiger partial charge in [0.05, 0.1) is 11.9 Å². The third-order valence-electron chi connectivity index (χ3n) is 2.47. The Kier molecular flexibility index (Phi) is 1.66. The Morgan fingerprint density at radius 2 is 2.43 bits per heavy atom. The van der Waals surface area contributed by atoms with Crippen LogP contribution in [0.5, 0.6) is 0 Å². The topological polar surface area (TPSA) is 56.2 Å². The van der Waals surface area contributed by atoms with Gasteiger partial charge in [0, 0.05) is 12.0 Å². The van der Waals surface area contributed by atoms with Gasteiger partial charge in [0.25, 0.3) is 0 Å². The minimum Gasteiger partial charge on any atom is -0.323 e. The number of rotatable bonds is 2. The van der Waals surface area contributed by atoms with Crippen molar-refractivity contribution in [2.24, 2.45) is 5.73 Å². The molecule has 0 spiro atoms. The van der Waals surface area contributed by atoms with Crippen LogP contribution in [0.1, 0.15) is 42.4 Å². The summed E-state index contributed by atoms with van der Waals surface area (Å²) < 4.78 is 1.86. The van der Waals surface area contributed by atoms with E-state index in [1.807, 2.05) is 17.6 Å². The highest BCUT2D eigenvalue weighted by molar-refractivity contribution is 7.16. The van der Waals surface area contributed by atoms with E-state index < -0.39 is 0 Å². The second-order valence-electron chi connectivity index (χ2n) is 3.90. The molecular formula is C9H12N4S. The molecular weight excluding hydrogens is 196 g/mol. The molecule has 5 heteroatoms. The molecule has 2 N–H and O–H groups in total. The zero-order valence-corrected chi connectivity index (χ0v) is 8.79. The van der Waals surface area contributed by atoms with Gasteiger partial charge < -0.3 is 5.73 Å². The van der Waals surface area contributed by atoms with E-state index >= 15 is 0 Å². The summed E-state index contributed by atoms with van der Waals surface area (Å²) in [4.78, 5) is 5.41. The summed E-state index contributed by atoms with van der Waals surface area (Å²) >= 11 is 1.69. The normalized spacial score (nSPS) is 19.0. The number of aromatic nitrogens is 3. The average Bonchev–Trinajstić information content (AvgIpc) is 2.76. The molecule has 14 heavy (non-hydrogen) atoms. The highest BCUT2D eigenvalue weighted by atomic mass is 32.1. The largest absolute Gasteiger partial charge is 0.323 e. The van der Waals surface area contributed by atoms with E-state index in [2.05, 4.69) is 10.1 Å². The van der Waals surface area contributed by atoms with Crippen molar-refractivity contribution in [3.63, 3.8) is 0 Å². The Balaban J connectivity index is 2.05. The van der Waals surface area contributed by atoms with Crippen molar-refractivity contribution in [2.75, 3.05) is 0 Å². The molecule has 1 aliphatic rings. The third-order valence-corrected chi connectivity index (χ3v) is 3.56. The van der Waals surface area contributed by atoms with Gasteiger partial charge >= 0.3 is 0 Å². The second-order valence-corrected chi connectivity index (χ2v) is 4.88. The van der Waals surface area contributed by atoms with E-state index in [0.717, 1.165) is 10.7 Å². The van der Waals surface area contributed by atoms with Crippen molar-refractivity contribution in [3.05, 3.63) is 16.9 Å². The molecule has 0 aliphatic heterocycles. The van der Waals surface area contributed by atoms with Crippen LogP contribution < -0.4 is 5.73 Å². The van der Waals surface area contributed by atoms with Gasteiger partial charge in [-0.3, -0.25) is 0 Å². The highest BCUT2D eigenvalue weighted by Gasteiger charge is 2.27. The summed E-state index contributed by atoms with van der Waals surface area (Å²) in [7, 11) is 0. The number of hydrogen-bond acceptors (Lipinski definition) is 4. The predicted octanol–water partition coefficient (Wildman–Crippen LogP) is 1.69. The van der Waals surface area contributed by atoms with Crippen molar-refractivity contribution in [1.29, 1.82) is 0 Å². The van der Waals surface area contributed by atoms with Gasteiger partial charge in [-0.05, 0) is 19.8 Å². The van der Waals surface area contributed by atoms with Crippen LogP contribution >= 0.6 is 11.3 Å². The summed E-state index contributed by atoms with van der Waals surface area (Å²) in [6.45, 7) is 1.94. The molecule has 0 saturated heterocycles. The van der Waals surface area contributed by atoms with Crippen LogP contribution in [0.4, 0.5) is 0 Å². The first-order chi connectivity index (χ1) is 6.74. The number of nitrogens with two attached hydrogens (primary N) is 1. The molecule has 0 amide bonds. The fourth-order valence-corrected chi connectivity index (χ4v) is 2.50. The van der Waals surface area contributed by atoms with Crippen LogP contribution in [0.3, 0.4) is 0 Å². The maximum Gasteiger partial charge on any atom is 0.212 e. The molecule has 1 aliphatic carbocycles. The molecule has 4 nitrogen and oxygen atoms in total. The first-order valence-corrected chi connectivity index (χ1v) is 5.67. The van der Waals surface area contributed by atoms with Gasteiger partial charge in [-0.15, -0.1) is 0 Å². The van der Waals surface area contributed by atoms with Crippen LogP contribution in [-0.4, -0.2) is 14.6 Å². The molecule has 2 aromatic heterocycles. The highest BCUT2D eigenvalue weighted by Crippen LogP contribution is 2.41. The van der Waals surface area contributed by atoms with Crippen molar-refractivity contribution < 1.29 is 0 Å². The maximum absolute atomic E-state index is 5.75. The lowest BCUT2D eigenvalue weighted by atomic mass is 10.3. The molecule has 2 heterocycles. The monoisotopic (exact) mass is 208 g/mol. The van der Waals surface area contributed by atoms with E-state index in [1.165, 1.54) is 17.8 Å². The van der Waals surface area contributed by atoms with E-state index in [1.54, 1.807) is 11.3 Å². The zero-order chi connectivity index (χ0) is 9.71. The van der Waals surface area contributed by atoms with E-state index in [-0.39, 0.29) is 6.04 Å². The first-order valence-electron chi connectivity index (χ1n) is 4.85. The molecule has 3 rings (SSSR count). The van der Waals surface area contributed by atoms with Crippen molar-refractivity contribution in [1.82, 2.24) is 14.6 Å². The van der Waals surface area contributed by atoms with Crippen molar-refractivity contribution >= 4 is 16.3 Å². The van der Waals surface area contributed by atoms with Gasteiger partial charge in [0.2, 0.25) is 4.96 Å². The lowest BCUT2D eigenvalue weighted by Crippen LogP contribution is -2.04. The summed E-state index contributed by atoms with van der Waals surface area (Å²) in [5, 5.41) is 5.72. The summed E-state index contributed by atoms with van der Waals surface area (Å²) in [6.07, 6.45) is 4.51. The Labute approximate surface area is 85.8 Å². The Morgan fingerprint density at radius 3 is 3.00 bits per heavy atom. The molecule has 74 valence electrons. The molecule has 2 aromatic rings. The minimum atomic E-state index is -0.00623. The zero-order valence-electron chi connectivity index (χ0n) is 7.97. The maximum atomic E-state index is 5.75. The standard InChI is InChI=1S/C9H12N4S/c1-5(10)7-4-13-9(11-7)14-8(12-13)6-2-3-6/h4-6H,2-3,10H2,1H3. The minimum absolute atomic E-state index is 0.00623. The molecule has 0 aromatic carbocycles. The van der Waals surface area contributed by atoms with E-state index in [9.17, 15) is 0 Å². The Hall–Kier alpha value is -0.940. The van der Waals surface area contributed by atoms with Gasteiger partial charge in [-0.1, -0.05) is 11.3 Å². The molecule has 1 saturated carbocycles. The lowest BCUT2D eigenvalue weighted by Gasteiger charge is -1.95. The quantitative estimate of drug-likeness (QED) is 0.817. The van der Waals surface area contributed by atoms with Crippen LogP contribution in [0, 0.1) is 0 Å². The first kappa shape index (κ1) is 8.38. The molecule has 1 fully saturated rings. The molecule has 1 unspecified atom stereocenters. The summed E-state index contributed by atoms with van der Waals surface area (Å²) in [6, 6.07) is -0.00623. The Bertz CT molecular complexity index is 403. The average molecular weight is 208 g/mol. The number of fused-ring (bicyclic) bond motifs is 1. The third kappa shape index (κ3) is 1.24. The van der Waals surface area contributed by atoms with Gasteiger partial charge in [0.15, 0.2) is 0 Å². The fourth-order valence-electron chi connectivity index (χ4n) is 1.45. The number of imidazole rings is 1. The SMILES string of the molecule is CC(N)c1cn2nc(C3CC3)sc2n1. The smallest absolute Gasteiger partial charge is 0.212 e. The molecule has 0 radical (unpaired) electrons. The van der Waals surface area contributed by atoms with Crippen LogP contribution in [0.15, 0.2) is 6.20 Å². The van der Waals surface area contributed by atoms with Crippen LogP contribution in [0.25, 0.3) is 4.96 Å². The van der Waals surface area contributed by atoms with Gasteiger partial charge in [-0.25, -0.2) is 9.50 Å². The summed E-state index contributed by atoms with van der Waals surface area (Å²) in [5.74, 6) is 0.709. The molecule has 1 atom stereocenters. The fraction of sp³-hybridized carbons (Fsp3) is 0.556. The van der Waals surface area contributed by atoms with Gasteiger partial charge in [-0.2, -0.15) is 5.10 Å². The van der Waals surface area contributed by atoms with Crippen molar-refractivity contribution in [2.45, 2.75) is 31.7 Å². The second kappa shape index (κ2) is 2.77. The number of nitrogens with zero attached hydrogens (tertiary/aromatic N) is 3. The van der Waals surface area contributed by atoms with Gasteiger partial charge in [0.1, 0.15) is 5.01 Å². The lowest BCUT2D eigenvalue weighted by molar-refractivity contribution is 0.786. The van der Waals surface area contributed by atoms with Crippen molar-refractivity contribution in [3.8, 4) is 0 Å². The molecule has 0 bridgehead atoms. The summed E-state index contributed by atoms with van der Waals surface area (Å²) in [5.41, 5.74) is 6.67. The Morgan fingerprint density at radius 1 is 1.64 bits per heavy atom. The van der Waals surface area contributed by atoms with E-state index in [0.29, 0.717) is 5.92 Å². The predicted molar refractivity (Wildman–Crippen MR) is 55.4 cm³/mol.